The molecule has 0 heterocycles. The van der Waals surface area contributed by atoms with Crippen LogP contribution in [0.5, 0.6) is 5.75 Å². The molecule has 3 nitrogen and oxygen atoms in total. The van der Waals surface area contributed by atoms with Crippen molar-refractivity contribution in [1.82, 2.24) is 0 Å². The average molecular weight is 295 g/mol. The maximum Gasteiger partial charge on any atom is 0.255 e. The van der Waals surface area contributed by atoms with E-state index in [-0.39, 0.29) is 5.91 Å². The third-order valence-corrected chi connectivity index (χ3v) is 3.67. The number of anilines is 1. The Morgan fingerprint density at radius 1 is 1.18 bits per heavy atom. The van der Waals surface area contributed by atoms with Crippen molar-refractivity contribution in [2.45, 2.75) is 20.3 Å². The van der Waals surface area contributed by atoms with Gasteiger partial charge in [0.1, 0.15) is 5.75 Å². The monoisotopic (exact) mass is 295 g/mol. The molecule has 2 aromatic rings. The van der Waals surface area contributed by atoms with Crippen molar-refractivity contribution in [3.05, 3.63) is 71.3 Å². The van der Waals surface area contributed by atoms with Gasteiger partial charge in [0.25, 0.3) is 5.91 Å². The lowest BCUT2D eigenvalue weighted by atomic mass is 10.1. The first-order chi connectivity index (χ1) is 10.5. The van der Waals surface area contributed by atoms with Gasteiger partial charge in [-0.15, -0.1) is 6.58 Å². The Morgan fingerprint density at radius 2 is 1.95 bits per heavy atom. The van der Waals surface area contributed by atoms with Crippen molar-refractivity contribution in [2.75, 3.05) is 12.4 Å². The summed E-state index contributed by atoms with van der Waals surface area (Å²) in [5.74, 6) is 0.638. The SMILES string of the molecule is C=CCc1cc(C(=O)Nc2ccc(C)c(C)c2)ccc1OC. The summed E-state index contributed by atoms with van der Waals surface area (Å²) in [7, 11) is 1.62. The van der Waals surface area contributed by atoms with Crippen LogP contribution >= 0.6 is 0 Å². The summed E-state index contributed by atoms with van der Waals surface area (Å²) in [5.41, 5.74) is 4.71. The molecule has 2 rings (SSSR count). The van der Waals surface area contributed by atoms with E-state index in [1.54, 1.807) is 19.3 Å². The molecule has 0 spiro atoms. The molecule has 0 aliphatic carbocycles. The largest absolute Gasteiger partial charge is 0.496 e. The third kappa shape index (κ3) is 3.55. The zero-order valence-corrected chi connectivity index (χ0v) is 13.3. The van der Waals surface area contributed by atoms with Crippen molar-refractivity contribution in [3.63, 3.8) is 0 Å². The van der Waals surface area contributed by atoms with Crippen LogP contribution in [-0.4, -0.2) is 13.0 Å². The molecule has 22 heavy (non-hydrogen) atoms. The van der Waals surface area contributed by atoms with Gasteiger partial charge in [-0.05, 0) is 67.3 Å². The highest BCUT2D eigenvalue weighted by atomic mass is 16.5. The highest BCUT2D eigenvalue weighted by molar-refractivity contribution is 6.04. The molecule has 0 saturated heterocycles. The summed E-state index contributed by atoms with van der Waals surface area (Å²) >= 11 is 0. The number of nitrogens with one attached hydrogen (secondary N) is 1. The van der Waals surface area contributed by atoms with Crippen LogP contribution in [0, 0.1) is 13.8 Å². The van der Waals surface area contributed by atoms with Crippen LogP contribution in [0.25, 0.3) is 0 Å². The predicted octanol–water partition coefficient (Wildman–Crippen LogP) is 4.29. The minimum absolute atomic E-state index is 0.129. The standard InChI is InChI=1S/C19H21NO2/c1-5-6-15-12-16(8-10-18(15)22-4)19(21)20-17-9-7-13(2)14(3)11-17/h5,7-12H,1,6H2,2-4H3,(H,20,21). The molecule has 114 valence electrons. The number of allylic oxidation sites excluding steroid dienone is 1. The summed E-state index contributed by atoms with van der Waals surface area (Å²) in [6, 6.07) is 11.3. The van der Waals surface area contributed by atoms with Crippen LogP contribution < -0.4 is 10.1 Å². The van der Waals surface area contributed by atoms with Gasteiger partial charge in [0.2, 0.25) is 0 Å². The van der Waals surface area contributed by atoms with Gasteiger partial charge in [-0.25, -0.2) is 0 Å². The van der Waals surface area contributed by atoms with E-state index in [2.05, 4.69) is 11.9 Å². The van der Waals surface area contributed by atoms with Gasteiger partial charge in [-0.2, -0.15) is 0 Å². The maximum absolute atomic E-state index is 12.4. The van der Waals surface area contributed by atoms with E-state index in [1.165, 1.54) is 5.56 Å². The van der Waals surface area contributed by atoms with E-state index in [4.69, 9.17) is 4.74 Å². The quantitative estimate of drug-likeness (QED) is 0.835. The summed E-state index contributed by atoms with van der Waals surface area (Å²) in [5, 5.41) is 2.93. The molecule has 0 radical (unpaired) electrons. The van der Waals surface area contributed by atoms with Gasteiger partial charge in [-0.1, -0.05) is 12.1 Å². The molecule has 0 aliphatic rings. The molecule has 1 N–H and O–H groups in total. The Bertz CT molecular complexity index is 705. The lowest BCUT2D eigenvalue weighted by Gasteiger charge is -2.11. The molecule has 0 aromatic heterocycles. The van der Waals surface area contributed by atoms with Gasteiger partial charge in [0.05, 0.1) is 7.11 Å². The molecule has 0 bridgehead atoms. The van der Waals surface area contributed by atoms with E-state index in [0.29, 0.717) is 12.0 Å². The number of methoxy groups -OCH3 is 1. The smallest absolute Gasteiger partial charge is 0.255 e. The number of ether oxygens (including phenoxy) is 1. The molecule has 0 unspecified atom stereocenters. The van der Waals surface area contributed by atoms with E-state index >= 15 is 0 Å². The number of carbonyl (C=O) groups is 1. The Kier molecular flexibility index (Phi) is 4.99. The normalized spacial score (nSPS) is 10.1. The predicted molar refractivity (Wildman–Crippen MR) is 90.8 cm³/mol. The first kappa shape index (κ1) is 15.8. The van der Waals surface area contributed by atoms with Crippen LogP contribution in [0.15, 0.2) is 49.1 Å². The Morgan fingerprint density at radius 3 is 2.59 bits per heavy atom. The lowest BCUT2D eigenvalue weighted by molar-refractivity contribution is 0.102. The van der Waals surface area contributed by atoms with Crippen molar-refractivity contribution in [2.24, 2.45) is 0 Å². The van der Waals surface area contributed by atoms with Crippen LogP contribution in [0.3, 0.4) is 0 Å². The average Bonchev–Trinajstić information content (AvgIpc) is 2.51. The number of benzene rings is 2. The first-order valence-electron chi connectivity index (χ1n) is 7.21. The lowest BCUT2D eigenvalue weighted by Crippen LogP contribution is -2.12. The fourth-order valence-electron chi connectivity index (χ4n) is 2.26. The fraction of sp³-hybridized carbons (Fsp3) is 0.211. The van der Waals surface area contributed by atoms with Crippen LogP contribution in [0.1, 0.15) is 27.0 Å². The molecular weight excluding hydrogens is 274 g/mol. The van der Waals surface area contributed by atoms with Gasteiger partial charge in [-0.3, -0.25) is 4.79 Å². The van der Waals surface area contributed by atoms with E-state index in [9.17, 15) is 4.79 Å². The zero-order valence-electron chi connectivity index (χ0n) is 13.3. The molecule has 0 saturated carbocycles. The minimum Gasteiger partial charge on any atom is -0.496 e. The summed E-state index contributed by atoms with van der Waals surface area (Å²) in [4.78, 5) is 12.4. The molecular formula is C19H21NO2. The van der Waals surface area contributed by atoms with Crippen molar-refractivity contribution < 1.29 is 9.53 Å². The van der Waals surface area contributed by atoms with E-state index in [0.717, 1.165) is 22.6 Å². The van der Waals surface area contributed by atoms with Gasteiger partial charge < -0.3 is 10.1 Å². The number of hydrogen-bond donors (Lipinski definition) is 1. The van der Waals surface area contributed by atoms with Crippen molar-refractivity contribution in [3.8, 4) is 5.75 Å². The second kappa shape index (κ2) is 6.94. The number of amides is 1. The number of carbonyl (C=O) groups excluding carboxylic acids is 1. The fourth-order valence-corrected chi connectivity index (χ4v) is 2.26. The Hall–Kier alpha value is -2.55. The van der Waals surface area contributed by atoms with Crippen LogP contribution in [0.2, 0.25) is 0 Å². The highest BCUT2D eigenvalue weighted by Gasteiger charge is 2.10. The van der Waals surface area contributed by atoms with Crippen LogP contribution in [-0.2, 0) is 6.42 Å². The topological polar surface area (TPSA) is 38.3 Å². The van der Waals surface area contributed by atoms with Crippen molar-refractivity contribution >= 4 is 11.6 Å². The Balaban J connectivity index is 2.23. The molecule has 0 atom stereocenters. The first-order valence-corrected chi connectivity index (χ1v) is 7.21. The highest BCUT2D eigenvalue weighted by Crippen LogP contribution is 2.22. The van der Waals surface area contributed by atoms with Gasteiger partial charge in [0.15, 0.2) is 0 Å². The second-order valence-electron chi connectivity index (χ2n) is 5.27. The van der Waals surface area contributed by atoms with Crippen molar-refractivity contribution in [1.29, 1.82) is 0 Å². The minimum atomic E-state index is -0.129. The van der Waals surface area contributed by atoms with Crippen LogP contribution in [0.4, 0.5) is 5.69 Å². The zero-order chi connectivity index (χ0) is 16.1. The molecule has 3 heteroatoms. The molecule has 1 amide bonds. The van der Waals surface area contributed by atoms with E-state index < -0.39 is 0 Å². The number of hydrogen-bond acceptors (Lipinski definition) is 2. The van der Waals surface area contributed by atoms with E-state index in [1.807, 2.05) is 44.2 Å². The third-order valence-electron chi connectivity index (χ3n) is 3.67. The molecule has 0 fully saturated rings. The molecule has 2 aromatic carbocycles. The summed E-state index contributed by atoms with van der Waals surface area (Å²) in [6.45, 7) is 7.81. The molecule has 0 aliphatic heterocycles. The maximum atomic E-state index is 12.4. The number of rotatable bonds is 5. The van der Waals surface area contributed by atoms with Gasteiger partial charge >= 0.3 is 0 Å². The summed E-state index contributed by atoms with van der Waals surface area (Å²) < 4.78 is 5.30. The van der Waals surface area contributed by atoms with Gasteiger partial charge in [0, 0.05) is 11.3 Å². The second-order valence-corrected chi connectivity index (χ2v) is 5.27. The summed E-state index contributed by atoms with van der Waals surface area (Å²) in [6.07, 6.45) is 2.46. The number of aryl methyl sites for hydroxylation is 2. The Labute approximate surface area is 131 Å².